The first-order chi connectivity index (χ1) is 16.4. The minimum atomic E-state index is -0.621. The molecule has 172 valence electrons. The Hall–Kier alpha value is -3.96. The van der Waals surface area contributed by atoms with E-state index in [9.17, 15) is 19.7 Å². The summed E-state index contributed by atoms with van der Waals surface area (Å²) in [5, 5.41) is 24.1. The third-order valence-corrected chi connectivity index (χ3v) is 5.99. The molecule has 1 aromatic heterocycles. The van der Waals surface area contributed by atoms with Crippen LogP contribution >= 0.6 is 23.4 Å². The van der Waals surface area contributed by atoms with Crippen molar-refractivity contribution in [2.75, 3.05) is 5.32 Å². The molecule has 1 atom stereocenters. The van der Waals surface area contributed by atoms with Gasteiger partial charge in [-0.25, -0.2) is 0 Å². The van der Waals surface area contributed by atoms with Crippen molar-refractivity contribution in [1.29, 1.82) is 0 Å². The molecule has 2 amide bonds. The Morgan fingerprint density at radius 3 is 2.79 bits per heavy atom. The molecule has 1 fully saturated rings. The molecule has 3 aromatic rings. The Balaban J connectivity index is 1.37. The van der Waals surface area contributed by atoms with Crippen molar-refractivity contribution in [1.82, 2.24) is 5.32 Å². The number of nitrogens with one attached hydrogen (secondary N) is 2. The Bertz CT molecular complexity index is 1310. The lowest BCUT2D eigenvalue weighted by atomic mass is 10.1. The smallest absolute Gasteiger partial charge is 0.270 e. The zero-order valence-corrected chi connectivity index (χ0v) is 18.9. The molecule has 1 saturated heterocycles. The zero-order chi connectivity index (χ0) is 24.1. The van der Waals surface area contributed by atoms with Gasteiger partial charge in [0.1, 0.15) is 16.8 Å². The van der Waals surface area contributed by atoms with E-state index >= 15 is 0 Å². The van der Waals surface area contributed by atoms with Crippen LogP contribution in [0, 0.1) is 10.1 Å². The highest BCUT2D eigenvalue weighted by molar-refractivity contribution is 8.15. The van der Waals surface area contributed by atoms with E-state index < -0.39 is 10.2 Å². The van der Waals surface area contributed by atoms with Crippen LogP contribution in [0.5, 0.6) is 0 Å². The number of nitro groups is 1. The van der Waals surface area contributed by atoms with Crippen molar-refractivity contribution >= 4 is 57.9 Å². The van der Waals surface area contributed by atoms with E-state index in [0.29, 0.717) is 27.8 Å². The molecule has 4 rings (SSSR count). The molecule has 2 aromatic carbocycles. The van der Waals surface area contributed by atoms with Crippen molar-refractivity contribution in [3.05, 3.63) is 81.6 Å². The molecule has 0 radical (unpaired) electrons. The number of thioether (sulfide) groups is 1. The number of amides is 2. The maximum absolute atomic E-state index is 12.2. The minimum absolute atomic E-state index is 0.0142. The highest BCUT2D eigenvalue weighted by Crippen LogP contribution is 2.32. The lowest BCUT2D eigenvalue weighted by molar-refractivity contribution is -0.384. The van der Waals surface area contributed by atoms with Crippen molar-refractivity contribution in [3.63, 3.8) is 0 Å². The molecular weight excluding hydrogens is 482 g/mol. The van der Waals surface area contributed by atoms with E-state index in [1.54, 1.807) is 36.4 Å². The number of carbonyl (C=O) groups is 2. The van der Waals surface area contributed by atoms with Crippen LogP contribution < -0.4 is 10.6 Å². The largest absolute Gasteiger partial charge is 0.455 e. The highest BCUT2D eigenvalue weighted by Gasteiger charge is 2.32. The lowest BCUT2D eigenvalue weighted by Crippen LogP contribution is -2.28. The summed E-state index contributed by atoms with van der Waals surface area (Å²) in [4.78, 5) is 34.8. The van der Waals surface area contributed by atoms with Crippen LogP contribution in [0.1, 0.15) is 12.2 Å². The molecule has 34 heavy (non-hydrogen) atoms. The number of nitrogens with zero attached hydrogens (tertiary/aromatic N) is 3. The van der Waals surface area contributed by atoms with E-state index in [1.807, 2.05) is 6.07 Å². The van der Waals surface area contributed by atoms with Crippen LogP contribution in [0.15, 0.2) is 75.3 Å². The average molecular weight is 498 g/mol. The van der Waals surface area contributed by atoms with Gasteiger partial charge in [-0.15, -0.1) is 5.10 Å². The second-order valence-electron chi connectivity index (χ2n) is 6.99. The van der Waals surface area contributed by atoms with E-state index in [0.717, 1.165) is 11.8 Å². The molecule has 0 spiro atoms. The Kier molecular flexibility index (Phi) is 7.04. The van der Waals surface area contributed by atoms with Gasteiger partial charge in [0.2, 0.25) is 11.8 Å². The number of para-hydroxylation sites is 1. The molecule has 2 heterocycles. The SMILES string of the molecule is O=C(C[C@@H]1S/C(=N\N=Cc2ccc(-c3cc([N+](=O)[O-])ccc3Cl)o2)NC1=O)Nc1ccccc1. The summed E-state index contributed by atoms with van der Waals surface area (Å²) in [7, 11) is 0. The summed E-state index contributed by atoms with van der Waals surface area (Å²) in [5.74, 6) is 0.0418. The number of hydrogen-bond donors (Lipinski definition) is 2. The molecule has 0 saturated carbocycles. The quantitative estimate of drug-likeness (QED) is 0.280. The summed E-state index contributed by atoms with van der Waals surface area (Å²) in [6.45, 7) is 0. The second-order valence-corrected chi connectivity index (χ2v) is 8.59. The lowest BCUT2D eigenvalue weighted by Gasteiger charge is -2.06. The molecular formula is C22H16ClN5O5S. The number of carbonyl (C=O) groups excluding carboxylic acids is 2. The molecule has 1 aliphatic heterocycles. The van der Waals surface area contributed by atoms with Crippen molar-refractivity contribution in [3.8, 4) is 11.3 Å². The number of furan rings is 1. The van der Waals surface area contributed by atoms with Crippen LogP contribution in [-0.4, -0.2) is 33.4 Å². The van der Waals surface area contributed by atoms with Gasteiger partial charge in [0.05, 0.1) is 16.2 Å². The molecule has 10 nitrogen and oxygen atoms in total. The third kappa shape index (κ3) is 5.69. The van der Waals surface area contributed by atoms with Crippen LogP contribution in [-0.2, 0) is 9.59 Å². The van der Waals surface area contributed by atoms with Gasteiger partial charge >= 0.3 is 0 Å². The zero-order valence-electron chi connectivity index (χ0n) is 17.3. The Morgan fingerprint density at radius 2 is 2.03 bits per heavy atom. The van der Waals surface area contributed by atoms with E-state index in [-0.39, 0.29) is 29.1 Å². The van der Waals surface area contributed by atoms with Crippen molar-refractivity contribution < 1.29 is 18.9 Å². The van der Waals surface area contributed by atoms with Gasteiger partial charge in [0, 0.05) is 29.8 Å². The predicted molar refractivity (Wildman–Crippen MR) is 130 cm³/mol. The number of hydrogen-bond acceptors (Lipinski definition) is 8. The van der Waals surface area contributed by atoms with Gasteiger partial charge in [-0.3, -0.25) is 19.7 Å². The van der Waals surface area contributed by atoms with Crippen LogP contribution in [0.3, 0.4) is 0 Å². The first-order valence-electron chi connectivity index (χ1n) is 9.86. The summed E-state index contributed by atoms with van der Waals surface area (Å²) in [5.41, 5.74) is 0.911. The fourth-order valence-electron chi connectivity index (χ4n) is 3.01. The number of benzene rings is 2. The maximum atomic E-state index is 12.2. The molecule has 12 heteroatoms. The molecule has 0 bridgehead atoms. The van der Waals surface area contributed by atoms with E-state index in [4.69, 9.17) is 16.0 Å². The number of nitro benzene ring substituents is 1. The summed E-state index contributed by atoms with van der Waals surface area (Å²) < 4.78 is 5.63. The van der Waals surface area contributed by atoms with Crippen molar-refractivity contribution in [2.24, 2.45) is 10.2 Å². The first-order valence-corrected chi connectivity index (χ1v) is 11.1. The fourth-order valence-corrected chi connectivity index (χ4v) is 4.14. The molecule has 1 aliphatic rings. The van der Waals surface area contributed by atoms with Gasteiger partial charge in [-0.05, 0) is 30.3 Å². The fraction of sp³-hybridized carbons (Fsp3) is 0.0909. The molecule has 0 unspecified atom stereocenters. The van der Waals surface area contributed by atoms with Crippen LogP contribution in [0.2, 0.25) is 5.02 Å². The van der Waals surface area contributed by atoms with Gasteiger partial charge < -0.3 is 15.1 Å². The van der Waals surface area contributed by atoms with Gasteiger partial charge in [0.25, 0.3) is 5.69 Å². The Labute approximate surface area is 202 Å². The van der Waals surface area contributed by atoms with Gasteiger partial charge in [-0.1, -0.05) is 41.6 Å². The van der Waals surface area contributed by atoms with Crippen LogP contribution in [0.4, 0.5) is 11.4 Å². The number of anilines is 1. The number of amidine groups is 1. The molecule has 0 aliphatic carbocycles. The summed E-state index contributed by atoms with van der Waals surface area (Å²) in [6.07, 6.45) is 1.31. The minimum Gasteiger partial charge on any atom is -0.455 e. The summed E-state index contributed by atoms with van der Waals surface area (Å²) >= 11 is 7.24. The number of rotatable bonds is 7. The number of halogens is 1. The predicted octanol–water partition coefficient (Wildman–Crippen LogP) is 4.46. The Morgan fingerprint density at radius 1 is 1.24 bits per heavy atom. The van der Waals surface area contributed by atoms with E-state index in [1.165, 1.54) is 24.4 Å². The average Bonchev–Trinajstić information content (AvgIpc) is 3.41. The van der Waals surface area contributed by atoms with Crippen molar-refractivity contribution in [2.45, 2.75) is 11.7 Å². The highest BCUT2D eigenvalue weighted by atomic mass is 35.5. The number of non-ortho nitro benzene ring substituents is 1. The standard InChI is InChI=1S/C22H16ClN5O5S/c23-17-8-6-14(28(31)32)10-16(17)18-9-7-15(33-18)12-24-27-22-26-21(30)19(34-22)11-20(29)25-13-4-2-1-3-5-13/h1-10,12,19H,11H2,(H,25,29)(H,26,27,30)/t19-/m0/s1. The van der Waals surface area contributed by atoms with Crippen LogP contribution in [0.25, 0.3) is 11.3 Å². The normalized spacial score (nSPS) is 16.7. The topological polar surface area (TPSA) is 139 Å². The van der Waals surface area contributed by atoms with E-state index in [2.05, 4.69) is 20.8 Å². The monoisotopic (exact) mass is 497 g/mol. The summed E-state index contributed by atoms with van der Waals surface area (Å²) in [6, 6.07) is 16.2. The first kappa shape index (κ1) is 23.2. The second kappa shape index (κ2) is 10.3. The van der Waals surface area contributed by atoms with Gasteiger partial charge in [-0.2, -0.15) is 5.10 Å². The third-order valence-electron chi connectivity index (χ3n) is 4.59. The maximum Gasteiger partial charge on any atom is 0.270 e. The van der Waals surface area contributed by atoms with Gasteiger partial charge in [0.15, 0.2) is 5.17 Å². The molecule has 2 N–H and O–H groups in total.